The highest BCUT2D eigenvalue weighted by Crippen LogP contribution is 2.42. The Morgan fingerprint density at radius 1 is 1.04 bits per heavy atom. The summed E-state index contributed by atoms with van der Waals surface area (Å²) in [5.74, 6) is 1.92. The van der Waals surface area contributed by atoms with Crippen molar-refractivity contribution < 1.29 is 18.0 Å². The lowest BCUT2D eigenvalue weighted by atomic mass is 10.1. The van der Waals surface area contributed by atoms with Crippen molar-refractivity contribution in [3.63, 3.8) is 0 Å². The van der Waals surface area contributed by atoms with Crippen LogP contribution in [0.15, 0.2) is 60.4 Å². The van der Waals surface area contributed by atoms with Crippen LogP contribution in [0.2, 0.25) is 0 Å². The van der Waals surface area contributed by atoms with Crippen molar-refractivity contribution >= 4 is 28.2 Å². The number of fused-ring (bicyclic) bond motifs is 2. The largest absolute Gasteiger partial charge is 0.416 e. The van der Waals surface area contributed by atoms with Crippen LogP contribution in [0.5, 0.6) is 0 Å². The maximum atomic E-state index is 13.1. The van der Waals surface area contributed by atoms with Crippen LogP contribution >= 0.6 is 0 Å². The van der Waals surface area contributed by atoms with Gasteiger partial charge in [-0.05, 0) is 35.9 Å². The Labute approximate surface area is 141 Å². The molecule has 0 saturated carbocycles. The monoisotopic (exact) mass is 340 g/mol. The highest BCUT2D eigenvalue weighted by Gasteiger charge is 2.32. The predicted molar refractivity (Wildman–Crippen MR) is 88.2 cm³/mol. The number of benzene rings is 2. The molecule has 0 fully saturated rings. The molecule has 2 aromatic carbocycles. The van der Waals surface area contributed by atoms with Crippen LogP contribution in [0.3, 0.4) is 0 Å². The van der Waals surface area contributed by atoms with Gasteiger partial charge >= 0.3 is 6.18 Å². The molecule has 1 aliphatic rings. The van der Waals surface area contributed by atoms with E-state index in [0.29, 0.717) is 28.7 Å². The second-order valence-corrected chi connectivity index (χ2v) is 5.75. The summed E-state index contributed by atoms with van der Waals surface area (Å²) in [6.07, 6.45) is -2.54. The predicted octanol–water partition coefficient (Wildman–Crippen LogP) is 4.66. The summed E-state index contributed by atoms with van der Waals surface area (Å²) in [6, 6.07) is 12.4. The minimum atomic E-state index is -4.45. The maximum Gasteiger partial charge on any atom is 0.416 e. The van der Waals surface area contributed by atoms with E-state index in [1.165, 1.54) is 12.3 Å². The number of halogens is 3. The number of alkyl halides is 3. The molecule has 1 aromatic heterocycles. The highest BCUT2D eigenvalue weighted by atomic mass is 19.4. The molecule has 0 aliphatic carbocycles. The minimum Gasteiger partial charge on any atom is -0.303 e. The Bertz CT molecular complexity index is 1040. The Balaban J connectivity index is 1.99. The second-order valence-electron chi connectivity index (χ2n) is 5.75. The molecular formula is C19H11F3N2O. The molecule has 4 rings (SSSR count). The van der Waals surface area contributed by atoms with E-state index in [0.717, 1.165) is 23.4 Å². The Morgan fingerprint density at radius 2 is 1.84 bits per heavy atom. The number of para-hydroxylation sites is 1. The molecule has 2 heterocycles. The van der Waals surface area contributed by atoms with Gasteiger partial charge in [-0.25, -0.2) is 4.79 Å². The van der Waals surface area contributed by atoms with Crippen molar-refractivity contribution in [2.45, 2.75) is 12.6 Å². The van der Waals surface area contributed by atoms with E-state index in [-0.39, 0.29) is 0 Å². The smallest absolute Gasteiger partial charge is 0.303 e. The van der Waals surface area contributed by atoms with Crippen molar-refractivity contribution in [2.75, 3.05) is 4.90 Å². The third-order valence-corrected chi connectivity index (χ3v) is 4.26. The molecule has 0 unspecified atom stereocenters. The third kappa shape index (κ3) is 2.47. The van der Waals surface area contributed by atoms with Crippen molar-refractivity contribution in [1.29, 1.82) is 0 Å². The first kappa shape index (κ1) is 15.4. The lowest BCUT2D eigenvalue weighted by molar-refractivity contribution is -0.137. The number of rotatable bonds is 1. The van der Waals surface area contributed by atoms with Gasteiger partial charge in [-0.1, -0.05) is 18.2 Å². The van der Waals surface area contributed by atoms with E-state index >= 15 is 0 Å². The number of pyridine rings is 1. The first-order chi connectivity index (χ1) is 12.0. The van der Waals surface area contributed by atoms with E-state index in [1.54, 1.807) is 11.0 Å². The van der Waals surface area contributed by atoms with Gasteiger partial charge in [0, 0.05) is 18.0 Å². The quantitative estimate of drug-likeness (QED) is 0.604. The highest BCUT2D eigenvalue weighted by molar-refractivity contribution is 5.97. The Morgan fingerprint density at radius 3 is 2.60 bits per heavy atom. The Kier molecular flexibility index (Phi) is 3.37. The summed E-state index contributed by atoms with van der Waals surface area (Å²) in [6.45, 7) is 0. The molecule has 3 nitrogen and oxygen atoms in total. The van der Waals surface area contributed by atoms with Crippen LogP contribution in [-0.4, -0.2) is 10.9 Å². The first-order valence-electron chi connectivity index (χ1n) is 7.57. The van der Waals surface area contributed by atoms with Gasteiger partial charge in [-0.15, -0.1) is 0 Å². The second kappa shape index (κ2) is 5.46. The van der Waals surface area contributed by atoms with Gasteiger partial charge in [-0.2, -0.15) is 13.2 Å². The van der Waals surface area contributed by atoms with Gasteiger partial charge in [0.1, 0.15) is 11.6 Å². The minimum absolute atomic E-state index is 0.335. The SMILES string of the molecule is O=C=C1Cc2ccccc2N1c1ccnc2ccc(C(F)(F)F)cc12. The summed E-state index contributed by atoms with van der Waals surface area (Å²) < 4.78 is 39.3. The number of aromatic nitrogens is 1. The molecule has 0 amide bonds. The van der Waals surface area contributed by atoms with Gasteiger partial charge in [0.2, 0.25) is 0 Å². The molecule has 0 radical (unpaired) electrons. The standard InChI is InChI=1S/C19H11F3N2O/c20-19(21,22)13-5-6-16-15(10-13)18(7-8-23-16)24-14(11-25)9-12-3-1-2-4-17(12)24/h1-8,10H,9H2. The van der Waals surface area contributed by atoms with Crippen LogP contribution in [0.25, 0.3) is 10.9 Å². The van der Waals surface area contributed by atoms with E-state index in [4.69, 9.17) is 0 Å². The summed E-state index contributed by atoms with van der Waals surface area (Å²) in [4.78, 5) is 17.2. The normalized spacial score (nSPS) is 13.9. The number of allylic oxidation sites excluding steroid dienone is 1. The lowest BCUT2D eigenvalue weighted by Crippen LogP contribution is -2.13. The topological polar surface area (TPSA) is 33.2 Å². The number of carbonyl (C=O) groups excluding carboxylic acids is 1. The summed E-state index contributed by atoms with van der Waals surface area (Å²) in [5.41, 5.74) is 2.23. The number of hydrogen-bond donors (Lipinski definition) is 0. The van der Waals surface area contributed by atoms with Gasteiger partial charge in [-0.3, -0.25) is 4.98 Å². The molecule has 124 valence electrons. The zero-order valence-corrected chi connectivity index (χ0v) is 12.8. The Hall–Kier alpha value is -3.11. The average molecular weight is 340 g/mol. The van der Waals surface area contributed by atoms with E-state index in [9.17, 15) is 18.0 Å². The molecule has 0 saturated heterocycles. The van der Waals surface area contributed by atoms with Crippen molar-refractivity contribution in [3.05, 3.63) is 71.6 Å². The van der Waals surface area contributed by atoms with Gasteiger partial charge < -0.3 is 4.90 Å². The van der Waals surface area contributed by atoms with Crippen LogP contribution in [0.4, 0.5) is 24.5 Å². The van der Waals surface area contributed by atoms with E-state index in [1.807, 2.05) is 30.2 Å². The summed E-state index contributed by atoms with van der Waals surface area (Å²) in [5, 5.41) is 0.335. The van der Waals surface area contributed by atoms with Gasteiger partial charge in [0.25, 0.3) is 0 Å². The molecule has 1 aliphatic heterocycles. The number of hydrogen-bond acceptors (Lipinski definition) is 3. The van der Waals surface area contributed by atoms with Crippen molar-refractivity contribution in [3.8, 4) is 0 Å². The molecule has 0 bridgehead atoms. The first-order valence-corrected chi connectivity index (χ1v) is 7.57. The average Bonchev–Trinajstić information content (AvgIpc) is 2.98. The van der Waals surface area contributed by atoms with Gasteiger partial charge in [0.05, 0.1) is 22.5 Å². The summed E-state index contributed by atoms with van der Waals surface area (Å²) >= 11 is 0. The van der Waals surface area contributed by atoms with Crippen LogP contribution in [0, 0.1) is 0 Å². The van der Waals surface area contributed by atoms with Crippen LogP contribution < -0.4 is 4.90 Å². The fraction of sp³-hybridized carbons (Fsp3) is 0.105. The van der Waals surface area contributed by atoms with Crippen molar-refractivity contribution in [2.24, 2.45) is 0 Å². The number of anilines is 2. The zero-order chi connectivity index (χ0) is 17.6. The van der Waals surface area contributed by atoms with E-state index < -0.39 is 11.7 Å². The fourth-order valence-corrected chi connectivity index (χ4v) is 3.14. The zero-order valence-electron chi connectivity index (χ0n) is 12.8. The maximum absolute atomic E-state index is 13.1. The molecule has 0 N–H and O–H groups in total. The lowest BCUT2D eigenvalue weighted by Gasteiger charge is -2.21. The van der Waals surface area contributed by atoms with E-state index in [2.05, 4.69) is 4.98 Å². The molecule has 0 spiro atoms. The van der Waals surface area contributed by atoms with Crippen LogP contribution in [0.1, 0.15) is 11.1 Å². The molecule has 0 atom stereocenters. The molecule has 6 heteroatoms. The number of nitrogens with zero attached hydrogens (tertiary/aromatic N) is 2. The third-order valence-electron chi connectivity index (χ3n) is 4.26. The molecule has 25 heavy (non-hydrogen) atoms. The van der Waals surface area contributed by atoms with Crippen LogP contribution in [-0.2, 0) is 17.4 Å². The summed E-state index contributed by atoms with van der Waals surface area (Å²) in [7, 11) is 0. The molecular weight excluding hydrogens is 329 g/mol. The van der Waals surface area contributed by atoms with Gasteiger partial charge in [0.15, 0.2) is 0 Å². The fourth-order valence-electron chi connectivity index (χ4n) is 3.14. The molecule has 3 aromatic rings. The van der Waals surface area contributed by atoms with Crippen molar-refractivity contribution in [1.82, 2.24) is 4.98 Å².